The van der Waals surface area contributed by atoms with Crippen molar-refractivity contribution in [3.63, 3.8) is 0 Å². The highest BCUT2D eigenvalue weighted by Gasteiger charge is 2.25. The molecule has 0 unspecified atom stereocenters. The summed E-state index contributed by atoms with van der Waals surface area (Å²) in [6, 6.07) is 9.98. The van der Waals surface area contributed by atoms with Gasteiger partial charge in [0.1, 0.15) is 5.41 Å². The van der Waals surface area contributed by atoms with Crippen LogP contribution in [-0.2, 0) is 20.9 Å². The van der Waals surface area contributed by atoms with Crippen molar-refractivity contribution >= 4 is 5.97 Å². The molecule has 0 saturated carbocycles. The third-order valence-electron chi connectivity index (χ3n) is 2.58. The van der Waals surface area contributed by atoms with Gasteiger partial charge in [-0.15, -0.1) is 0 Å². The molecular formula is C16H20O3. The summed E-state index contributed by atoms with van der Waals surface area (Å²) < 4.78 is 10.2. The summed E-state index contributed by atoms with van der Waals surface area (Å²) in [5.41, 5.74) is 0.388. The summed E-state index contributed by atoms with van der Waals surface area (Å²) in [5, 5.41) is 0. The Bertz CT molecular complexity index is 452. The summed E-state index contributed by atoms with van der Waals surface area (Å²) in [5.74, 6) is 5.54. The van der Waals surface area contributed by atoms with Gasteiger partial charge in [0.2, 0.25) is 0 Å². The van der Waals surface area contributed by atoms with Crippen LogP contribution in [0.3, 0.4) is 0 Å². The molecule has 0 bridgehead atoms. The van der Waals surface area contributed by atoms with E-state index >= 15 is 0 Å². The molecule has 0 saturated heterocycles. The summed E-state index contributed by atoms with van der Waals surface area (Å²) in [6.07, 6.45) is 0.604. The van der Waals surface area contributed by atoms with E-state index in [0.29, 0.717) is 19.6 Å². The second-order valence-corrected chi connectivity index (χ2v) is 4.71. The Labute approximate surface area is 114 Å². The van der Waals surface area contributed by atoms with Crippen LogP contribution < -0.4 is 0 Å². The lowest BCUT2D eigenvalue weighted by Crippen LogP contribution is -2.23. The van der Waals surface area contributed by atoms with E-state index in [9.17, 15) is 4.79 Å². The van der Waals surface area contributed by atoms with Crippen LogP contribution >= 0.6 is 0 Å². The Morgan fingerprint density at radius 2 is 1.95 bits per heavy atom. The van der Waals surface area contributed by atoms with Gasteiger partial charge in [0, 0.05) is 6.42 Å². The molecule has 102 valence electrons. The predicted octanol–water partition coefficient (Wildman–Crippen LogP) is 2.80. The van der Waals surface area contributed by atoms with Crippen LogP contribution in [0, 0.1) is 17.3 Å². The van der Waals surface area contributed by atoms with Crippen LogP contribution in [0.25, 0.3) is 0 Å². The van der Waals surface area contributed by atoms with Gasteiger partial charge in [0.05, 0.1) is 20.3 Å². The van der Waals surface area contributed by atoms with Crippen molar-refractivity contribution in [3.8, 4) is 11.8 Å². The first kappa shape index (κ1) is 15.3. The molecule has 0 fully saturated rings. The smallest absolute Gasteiger partial charge is 0.323 e. The fraction of sp³-hybridized carbons (Fsp3) is 0.438. The molecule has 0 aliphatic heterocycles. The average Bonchev–Trinajstić information content (AvgIpc) is 2.42. The molecule has 0 aliphatic rings. The van der Waals surface area contributed by atoms with E-state index in [4.69, 9.17) is 4.74 Å². The average molecular weight is 260 g/mol. The van der Waals surface area contributed by atoms with Crippen LogP contribution in [-0.4, -0.2) is 19.7 Å². The second kappa shape index (κ2) is 7.60. The molecule has 0 aromatic heterocycles. The maximum atomic E-state index is 11.4. The highest BCUT2D eigenvalue weighted by Crippen LogP contribution is 2.14. The van der Waals surface area contributed by atoms with Crippen molar-refractivity contribution in [2.75, 3.05) is 13.7 Å². The fourth-order valence-corrected chi connectivity index (χ4v) is 1.48. The number of ether oxygens (including phenoxy) is 2. The largest absolute Gasteiger partial charge is 0.468 e. The molecule has 3 nitrogen and oxygen atoms in total. The predicted molar refractivity (Wildman–Crippen MR) is 74.3 cm³/mol. The Morgan fingerprint density at radius 1 is 1.26 bits per heavy atom. The Morgan fingerprint density at radius 3 is 2.58 bits per heavy atom. The highest BCUT2D eigenvalue weighted by atomic mass is 16.5. The quantitative estimate of drug-likeness (QED) is 0.464. The molecule has 3 heteroatoms. The van der Waals surface area contributed by atoms with Crippen LogP contribution in [0.15, 0.2) is 30.3 Å². The molecule has 0 atom stereocenters. The first-order chi connectivity index (χ1) is 9.06. The number of hydrogen-bond donors (Lipinski definition) is 0. The van der Waals surface area contributed by atoms with Gasteiger partial charge in [0.25, 0.3) is 0 Å². The standard InChI is InChI=1S/C16H20O3/c1-16(2,15(17)18-3)11-7-8-12-19-13-14-9-5-4-6-10-14/h4-6,9-10H,8,12-13H2,1-3H3. The van der Waals surface area contributed by atoms with Gasteiger partial charge in [-0.3, -0.25) is 4.79 Å². The monoisotopic (exact) mass is 260 g/mol. The molecule has 19 heavy (non-hydrogen) atoms. The highest BCUT2D eigenvalue weighted by molar-refractivity contribution is 5.79. The number of hydrogen-bond acceptors (Lipinski definition) is 3. The first-order valence-corrected chi connectivity index (χ1v) is 6.26. The SMILES string of the molecule is COC(=O)C(C)(C)C#CCCOCc1ccccc1. The zero-order chi connectivity index (χ0) is 14.1. The minimum atomic E-state index is -0.756. The van der Waals surface area contributed by atoms with E-state index < -0.39 is 5.41 Å². The topological polar surface area (TPSA) is 35.5 Å². The number of esters is 1. The molecule has 0 N–H and O–H groups in total. The number of carbonyl (C=O) groups excluding carboxylic acids is 1. The molecule has 0 amide bonds. The number of benzene rings is 1. The van der Waals surface area contributed by atoms with Crippen LogP contribution in [0.1, 0.15) is 25.8 Å². The lowest BCUT2D eigenvalue weighted by atomic mass is 9.95. The second-order valence-electron chi connectivity index (χ2n) is 4.71. The van der Waals surface area contributed by atoms with Crippen molar-refractivity contribution in [1.82, 2.24) is 0 Å². The first-order valence-electron chi connectivity index (χ1n) is 6.26. The summed E-state index contributed by atoms with van der Waals surface area (Å²) in [6.45, 7) is 4.63. The van der Waals surface area contributed by atoms with Gasteiger partial charge in [0.15, 0.2) is 0 Å². The Balaban J connectivity index is 2.26. The molecule has 0 aliphatic carbocycles. The van der Waals surface area contributed by atoms with Gasteiger partial charge in [-0.25, -0.2) is 0 Å². The van der Waals surface area contributed by atoms with Crippen molar-refractivity contribution in [3.05, 3.63) is 35.9 Å². The van der Waals surface area contributed by atoms with E-state index in [0.717, 1.165) is 5.56 Å². The number of methoxy groups -OCH3 is 1. The maximum absolute atomic E-state index is 11.4. The molecule has 0 radical (unpaired) electrons. The van der Waals surface area contributed by atoms with E-state index in [1.807, 2.05) is 30.3 Å². The van der Waals surface area contributed by atoms with E-state index in [2.05, 4.69) is 16.6 Å². The fourth-order valence-electron chi connectivity index (χ4n) is 1.48. The lowest BCUT2D eigenvalue weighted by Gasteiger charge is -2.13. The van der Waals surface area contributed by atoms with Crippen molar-refractivity contribution in [2.24, 2.45) is 5.41 Å². The van der Waals surface area contributed by atoms with E-state index in [1.54, 1.807) is 13.8 Å². The summed E-state index contributed by atoms with van der Waals surface area (Å²) in [4.78, 5) is 11.4. The van der Waals surface area contributed by atoms with Gasteiger partial charge in [-0.2, -0.15) is 0 Å². The van der Waals surface area contributed by atoms with Gasteiger partial charge in [-0.1, -0.05) is 42.2 Å². The molecule has 1 rings (SSSR count). The minimum absolute atomic E-state index is 0.315. The van der Waals surface area contributed by atoms with Gasteiger partial charge < -0.3 is 9.47 Å². The van der Waals surface area contributed by atoms with Gasteiger partial charge in [-0.05, 0) is 19.4 Å². The summed E-state index contributed by atoms with van der Waals surface area (Å²) >= 11 is 0. The molecule has 1 aromatic carbocycles. The third kappa shape index (κ3) is 5.58. The van der Waals surface area contributed by atoms with Crippen molar-refractivity contribution in [2.45, 2.75) is 26.9 Å². The molecule has 0 spiro atoms. The Kier molecular flexibility index (Phi) is 6.11. The van der Waals surface area contributed by atoms with Crippen molar-refractivity contribution < 1.29 is 14.3 Å². The third-order valence-corrected chi connectivity index (χ3v) is 2.58. The van der Waals surface area contributed by atoms with Crippen LogP contribution in [0.5, 0.6) is 0 Å². The number of carbonyl (C=O) groups is 1. The zero-order valence-electron chi connectivity index (χ0n) is 11.7. The Hall–Kier alpha value is -1.79. The lowest BCUT2D eigenvalue weighted by molar-refractivity contribution is -0.147. The molecule has 1 aromatic rings. The number of rotatable bonds is 5. The zero-order valence-corrected chi connectivity index (χ0v) is 11.7. The maximum Gasteiger partial charge on any atom is 0.323 e. The van der Waals surface area contributed by atoms with Crippen molar-refractivity contribution in [1.29, 1.82) is 0 Å². The van der Waals surface area contributed by atoms with E-state index in [-0.39, 0.29) is 5.97 Å². The molecule has 0 heterocycles. The molecular weight excluding hydrogens is 240 g/mol. The van der Waals surface area contributed by atoms with Gasteiger partial charge >= 0.3 is 5.97 Å². The van der Waals surface area contributed by atoms with Crippen LogP contribution in [0.2, 0.25) is 0 Å². The van der Waals surface area contributed by atoms with E-state index in [1.165, 1.54) is 7.11 Å². The van der Waals surface area contributed by atoms with Crippen LogP contribution in [0.4, 0.5) is 0 Å². The minimum Gasteiger partial charge on any atom is -0.468 e. The normalized spacial score (nSPS) is 10.5. The summed E-state index contributed by atoms with van der Waals surface area (Å²) in [7, 11) is 1.37.